The van der Waals surface area contributed by atoms with Gasteiger partial charge < -0.3 is 14.0 Å². The Kier molecular flexibility index (Phi) is 7.78. The number of carbonyl (C=O) groups is 1. The van der Waals surface area contributed by atoms with E-state index in [2.05, 4.69) is 18.2 Å². The van der Waals surface area contributed by atoms with Gasteiger partial charge in [0, 0.05) is 16.3 Å². The second-order valence-corrected chi connectivity index (χ2v) is 9.55. The Morgan fingerprint density at radius 2 is 1.79 bits per heavy atom. The van der Waals surface area contributed by atoms with Crippen LogP contribution in [0.4, 0.5) is 18.0 Å². The first kappa shape index (κ1) is 23.3. The van der Waals surface area contributed by atoms with Crippen molar-refractivity contribution in [3.63, 3.8) is 0 Å². The van der Waals surface area contributed by atoms with Gasteiger partial charge in [0.1, 0.15) is 17.3 Å². The first-order valence-electron chi connectivity index (χ1n) is 8.60. The topological polar surface area (TPSA) is 92.7 Å². The van der Waals surface area contributed by atoms with Gasteiger partial charge >= 0.3 is 11.7 Å². The molecule has 1 aliphatic heterocycles. The van der Waals surface area contributed by atoms with Crippen molar-refractivity contribution in [1.82, 2.24) is 0 Å². The van der Waals surface area contributed by atoms with E-state index in [1.165, 1.54) is 40.0 Å². The minimum atomic E-state index is -6.09. The molecule has 0 amide bonds. The molecule has 0 radical (unpaired) electrons. The van der Waals surface area contributed by atoms with Crippen molar-refractivity contribution in [2.75, 3.05) is 18.1 Å². The van der Waals surface area contributed by atoms with E-state index in [-0.39, 0.29) is 0 Å². The van der Waals surface area contributed by atoms with Crippen LogP contribution in [-0.4, -0.2) is 42.7 Å². The van der Waals surface area contributed by atoms with Crippen LogP contribution >= 0.6 is 0 Å². The van der Waals surface area contributed by atoms with Crippen molar-refractivity contribution in [2.45, 2.75) is 30.2 Å². The van der Waals surface area contributed by atoms with Crippen molar-refractivity contribution in [3.8, 4) is 5.75 Å². The number of hydrogen-bond acceptors (Lipinski definition) is 6. The summed E-state index contributed by atoms with van der Waals surface area (Å²) in [5.41, 5.74) is -5.65. The predicted molar refractivity (Wildman–Crippen MR) is 102 cm³/mol. The fraction of sp³-hybridized carbons (Fsp3) is 0.389. The minimum absolute atomic E-state index is 0.321. The third kappa shape index (κ3) is 6.51. The molecule has 0 N–H and O–H groups in total. The molecule has 2 aromatic carbocycles. The number of hydrogen-bond donors (Lipinski definition) is 0. The summed E-state index contributed by atoms with van der Waals surface area (Å²) < 4.78 is 69.0. The lowest BCUT2D eigenvalue weighted by atomic mass is 10.1. The molecule has 3 rings (SSSR count). The Hall–Kier alpha value is -1.98. The lowest BCUT2D eigenvalue weighted by Crippen LogP contribution is -2.21. The van der Waals surface area contributed by atoms with Crippen LogP contribution in [-0.2, 0) is 25.7 Å². The second kappa shape index (κ2) is 9.68. The molecule has 11 heteroatoms. The summed E-state index contributed by atoms with van der Waals surface area (Å²) in [6.07, 6.45) is 1.99. The van der Waals surface area contributed by atoms with Crippen LogP contribution in [0.5, 0.6) is 5.75 Å². The number of carbonyl (C=O) groups excluding carboxylic acids is 1. The van der Waals surface area contributed by atoms with Crippen molar-refractivity contribution in [2.24, 2.45) is 0 Å². The van der Waals surface area contributed by atoms with E-state index in [9.17, 15) is 18.0 Å². The zero-order valence-corrected chi connectivity index (χ0v) is 17.0. The quantitative estimate of drug-likeness (QED) is 0.228. The average Bonchev–Trinajstić information content (AvgIpc) is 3.14. The second-order valence-electron chi connectivity index (χ2n) is 5.93. The number of ether oxygens (including phenoxy) is 2. The number of rotatable bonds is 3. The standard InChI is InChI=1S/C17H19O3S.CHF3O3S/c1-2-19-17(18)20-14-9-8-13-6-5-7-16(15(13)12-14)21-10-3-4-11-21;2-1(3,4)8(5,6)7/h5-9,12H,2-4,10-11H2,1H3;(H,5,6,7)/q+1;/p-1. The zero-order valence-electron chi connectivity index (χ0n) is 15.4. The number of fused-ring (bicyclic) bond motifs is 1. The summed E-state index contributed by atoms with van der Waals surface area (Å²) in [4.78, 5) is 12.8. The van der Waals surface area contributed by atoms with E-state index < -0.39 is 21.8 Å². The Morgan fingerprint density at radius 3 is 2.34 bits per heavy atom. The van der Waals surface area contributed by atoms with Crippen molar-refractivity contribution >= 4 is 37.9 Å². The first-order chi connectivity index (χ1) is 13.5. The van der Waals surface area contributed by atoms with Crippen molar-refractivity contribution < 1.29 is 40.4 Å². The van der Waals surface area contributed by atoms with Gasteiger partial charge in [-0.25, -0.2) is 13.2 Å². The first-order valence-corrected chi connectivity index (χ1v) is 11.6. The molecule has 0 saturated carbocycles. The molecule has 0 unspecified atom stereocenters. The molecule has 160 valence electrons. The Morgan fingerprint density at radius 1 is 1.17 bits per heavy atom. The molecule has 2 aromatic rings. The molecule has 0 bridgehead atoms. The van der Waals surface area contributed by atoms with Crippen LogP contribution in [0.25, 0.3) is 10.8 Å². The normalized spacial score (nSPS) is 14.9. The molecule has 0 aromatic heterocycles. The van der Waals surface area contributed by atoms with Gasteiger partial charge in [0.25, 0.3) is 0 Å². The van der Waals surface area contributed by atoms with Crippen LogP contribution < -0.4 is 4.74 Å². The molecular formula is C18H19F3O6S2. The van der Waals surface area contributed by atoms with Crippen LogP contribution in [0.1, 0.15) is 19.8 Å². The fourth-order valence-electron chi connectivity index (χ4n) is 2.66. The summed E-state index contributed by atoms with van der Waals surface area (Å²) in [7, 11) is -5.75. The van der Waals surface area contributed by atoms with Crippen LogP contribution in [0.3, 0.4) is 0 Å². The number of halogens is 3. The van der Waals surface area contributed by atoms with Gasteiger partial charge in [-0.2, -0.15) is 13.2 Å². The molecule has 6 nitrogen and oxygen atoms in total. The van der Waals surface area contributed by atoms with E-state index in [1.807, 2.05) is 18.2 Å². The molecular weight excluding hydrogens is 433 g/mol. The SMILES string of the molecule is CCOC(=O)Oc1ccc2cccc([S+]3CCCC3)c2c1.O=S(=O)([O-])C(F)(F)F. The van der Waals surface area contributed by atoms with Gasteiger partial charge in [0.2, 0.25) is 0 Å². The summed E-state index contributed by atoms with van der Waals surface area (Å²) in [6, 6.07) is 12.2. The van der Waals surface area contributed by atoms with Gasteiger partial charge in [-0.3, -0.25) is 0 Å². The van der Waals surface area contributed by atoms with Gasteiger partial charge in [0.15, 0.2) is 15.0 Å². The Balaban J connectivity index is 0.000000321. The van der Waals surface area contributed by atoms with Gasteiger partial charge in [-0.05, 0) is 43.4 Å². The number of alkyl halides is 3. The lowest BCUT2D eigenvalue weighted by Gasteiger charge is -2.08. The zero-order chi connectivity index (χ0) is 21.7. The summed E-state index contributed by atoms with van der Waals surface area (Å²) >= 11 is 0. The fourth-order valence-corrected chi connectivity index (χ4v) is 5.16. The summed E-state index contributed by atoms with van der Waals surface area (Å²) in [5.74, 6) is 3.11. The highest BCUT2D eigenvalue weighted by molar-refractivity contribution is 7.97. The van der Waals surface area contributed by atoms with E-state index in [4.69, 9.17) is 22.4 Å². The molecule has 0 aliphatic carbocycles. The van der Waals surface area contributed by atoms with E-state index in [1.54, 1.807) is 6.92 Å². The molecule has 1 aliphatic rings. The maximum Gasteiger partial charge on any atom is 0.513 e. The average molecular weight is 452 g/mol. The van der Waals surface area contributed by atoms with Gasteiger partial charge in [0.05, 0.1) is 6.61 Å². The van der Waals surface area contributed by atoms with Gasteiger partial charge in [-0.1, -0.05) is 18.2 Å². The predicted octanol–water partition coefficient (Wildman–Crippen LogP) is 4.20. The van der Waals surface area contributed by atoms with Gasteiger partial charge in [-0.15, -0.1) is 0 Å². The highest BCUT2D eigenvalue weighted by atomic mass is 32.2. The highest BCUT2D eigenvalue weighted by Crippen LogP contribution is 2.32. The molecule has 0 atom stereocenters. The van der Waals surface area contributed by atoms with Crippen LogP contribution in [0.15, 0.2) is 41.3 Å². The monoisotopic (exact) mass is 452 g/mol. The highest BCUT2D eigenvalue weighted by Gasteiger charge is 2.37. The Labute approximate surface area is 169 Å². The summed E-state index contributed by atoms with van der Waals surface area (Å²) in [5, 5.41) is 2.40. The minimum Gasteiger partial charge on any atom is -0.741 e. The maximum atomic E-state index is 11.4. The van der Waals surface area contributed by atoms with Crippen molar-refractivity contribution in [3.05, 3.63) is 36.4 Å². The van der Waals surface area contributed by atoms with Crippen LogP contribution in [0.2, 0.25) is 0 Å². The molecule has 0 spiro atoms. The largest absolute Gasteiger partial charge is 0.741 e. The maximum absolute atomic E-state index is 11.4. The molecule has 29 heavy (non-hydrogen) atoms. The molecule has 1 fully saturated rings. The summed E-state index contributed by atoms with van der Waals surface area (Å²) in [6.45, 7) is 2.09. The third-order valence-electron chi connectivity index (χ3n) is 3.90. The lowest BCUT2D eigenvalue weighted by molar-refractivity contribution is -0.0517. The number of benzene rings is 2. The van der Waals surface area contributed by atoms with Crippen molar-refractivity contribution in [1.29, 1.82) is 0 Å². The molecule has 1 saturated heterocycles. The Bertz CT molecular complexity index is 954. The van der Waals surface area contributed by atoms with Crippen LogP contribution in [0, 0.1) is 0 Å². The molecule has 1 heterocycles. The third-order valence-corrected chi connectivity index (χ3v) is 7.01. The van der Waals surface area contributed by atoms with E-state index in [0.717, 1.165) is 0 Å². The van der Waals surface area contributed by atoms with E-state index >= 15 is 0 Å². The van der Waals surface area contributed by atoms with E-state index in [0.29, 0.717) is 23.3 Å². The smallest absolute Gasteiger partial charge is 0.513 e.